The van der Waals surface area contributed by atoms with Gasteiger partial charge in [0.1, 0.15) is 35.2 Å². The Balaban J connectivity index is 1.27. The van der Waals surface area contributed by atoms with Crippen molar-refractivity contribution in [2.45, 2.75) is 56.7 Å². The minimum Gasteiger partial charge on any atom is -0.508 e. The highest BCUT2D eigenvalue weighted by Crippen LogP contribution is 2.42. The number of phenols is 1. The maximum atomic E-state index is 16.9. The van der Waals surface area contributed by atoms with Gasteiger partial charge in [0.15, 0.2) is 5.82 Å². The summed E-state index contributed by atoms with van der Waals surface area (Å²) >= 11 is 0. The van der Waals surface area contributed by atoms with Crippen molar-refractivity contribution >= 4 is 33.4 Å². The normalized spacial score (nSPS) is 23.1. The summed E-state index contributed by atoms with van der Waals surface area (Å²) in [5.74, 6) is 1.48. The molecule has 246 valence electrons. The summed E-state index contributed by atoms with van der Waals surface area (Å²) in [7, 11) is 0. The molecule has 0 saturated carbocycles. The predicted molar refractivity (Wildman–Crippen MR) is 179 cm³/mol. The van der Waals surface area contributed by atoms with Crippen molar-refractivity contribution in [3.63, 3.8) is 0 Å². The van der Waals surface area contributed by atoms with Crippen molar-refractivity contribution < 1.29 is 23.4 Å². The maximum Gasteiger partial charge on any atom is 0.319 e. The molecule has 4 fully saturated rings. The van der Waals surface area contributed by atoms with Crippen LogP contribution in [0.4, 0.5) is 14.6 Å². The van der Waals surface area contributed by atoms with Crippen LogP contribution < -0.4 is 9.64 Å². The minimum atomic E-state index is -0.765. The molecular weight excluding hydrogens is 614 g/mol. The first kappa shape index (κ1) is 30.5. The van der Waals surface area contributed by atoms with Crippen molar-refractivity contribution in [1.82, 2.24) is 24.8 Å². The van der Waals surface area contributed by atoms with E-state index in [0.717, 1.165) is 45.2 Å². The van der Waals surface area contributed by atoms with Crippen LogP contribution in [0.1, 0.15) is 44.6 Å². The molecule has 2 aromatic heterocycles. The molecule has 1 N–H and O–H groups in total. The van der Waals surface area contributed by atoms with Gasteiger partial charge in [0, 0.05) is 30.2 Å². The van der Waals surface area contributed by atoms with E-state index in [1.807, 2.05) is 4.90 Å². The number of amides is 1. The minimum absolute atomic E-state index is 0.00709. The van der Waals surface area contributed by atoms with Gasteiger partial charge in [-0.15, -0.1) is 6.42 Å². The average Bonchev–Trinajstić information content (AvgIpc) is 3.72. The first-order valence-corrected chi connectivity index (χ1v) is 16.6. The molecule has 0 aliphatic carbocycles. The van der Waals surface area contributed by atoms with Crippen LogP contribution in [-0.4, -0.2) is 86.2 Å². The van der Waals surface area contributed by atoms with Gasteiger partial charge >= 0.3 is 6.01 Å². The molecule has 4 saturated heterocycles. The second-order valence-electron chi connectivity index (χ2n) is 13.7. The molecule has 0 unspecified atom stereocenters. The van der Waals surface area contributed by atoms with Gasteiger partial charge in [0.2, 0.25) is 5.91 Å². The van der Waals surface area contributed by atoms with Crippen LogP contribution in [0.2, 0.25) is 0 Å². The zero-order valence-electron chi connectivity index (χ0n) is 26.8. The number of hydrogen-bond acceptors (Lipinski definition) is 8. The van der Waals surface area contributed by atoms with E-state index in [9.17, 15) is 14.3 Å². The Bertz CT molecular complexity index is 2040. The van der Waals surface area contributed by atoms with Crippen LogP contribution >= 0.6 is 0 Å². The standard InChI is InChI=1S/C37H36F2N6O3/c1-4-25-28(38)9-8-22-15-24(46)16-26(31(22)25)33-32(39)34-27(17-40-33)35(43-18-23-14-21(3)29(19-43)45(23)30(47)5-2)42-36(41-34)48-20-37-10-6-12-44(37)13-7-11-37/h1,5,8-9,15-17,21,23,29,46H,2,6-7,10-14,18-20H2,3H3/t21-,23+,29+/m1/s1. The molecule has 9 nitrogen and oxygen atoms in total. The van der Waals surface area contributed by atoms with Crippen LogP contribution in [0.5, 0.6) is 11.8 Å². The topological polar surface area (TPSA) is 94.9 Å². The summed E-state index contributed by atoms with van der Waals surface area (Å²) in [4.78, 5) is 33.3. The highest BCUT2D eigenvalue weighted by Gasteiger charge is 2.47. The Labute approximate surface area is 277 Å². The number of pyridine rings is 1. The van der Waals surface area contributed by atoms with Crippen molar-refractivity contribution in [1.29, 1.82) is 0 Å². The Morgan fingerprint density at radius 1 is 1.21 bits per heavy atom. The van der Waals surface area contributed by atoms with Gasteiger partial charge in [-0.3, -0.25) is 14.7 Å². The van der Waals surface area contributed by atoms with E-state index in [2.05, 4.69) is 39.2 Å². The van der Waals surface area contributed by atoms with Gasteiger partial charge in [-0.2, -0.15) is 9.97 Å². The maximum absolute atomic E-state index is 16.9. The summed E-state index contributed by atoms with van der Waals surface area (Å²) in [6.45, 7) is 9.28. The number of halogens is 2. The molecule has 3 atom stereocenters. The Hall–Kier alpha value is -4.82. The lowest BCUT2D eigenvalue weighted by Gasteiger charge is -2.42. The Kier molecular flexibility index (Phi) is 7.25. The fourth-order valence-electron chi connectivity index (χ4n) is 8.78. The molecule has 8 rings (SSSR count). The SMILES string of the molecule is C#Cc1c(F)ccc2cc(O)cc(-c3ncc4c(N5C[C@@H]6C[C@@H](C)[C@H](C5)N6C(=O)C=C)nc(OCC56CCCN5CCC6)nc4c3F)c12. The van der Waals surface area contributed by atoms with E-state index in [1.54, 1.807) is 0 Å². The molecule has 2 aromatic carbocycles. The molecule has 2 bridgehead atoms. The quantitative estimate of drug-likeness (QED) is 0.218. The molecule has 0 radical (unpaired) electrons. The molecule has 4 aromatic rings. The first-order valence-electron chi connectivity index (χ1n) is 16.6. The van der Waals surface area contributed by atoms with E-state index >= 15 is 4.39 Å². The third-order valence-electron chi connectivity index (χ3n) is 11.0. The molecule has 1 amide bonds. The molecule has 4 aliphatic rings. The predicted octanol–water partition coefficient (Wildman–Crippen LogP) is 5.43. The number of carbonyl (C=O) groups excluding carboxylic acids is 1. The van der Waals surface area contributed by atoms with Gasteiger partial charge in [-0.25, -0.2) is 8.78 Å². The number of ether oxygens (including phenoxy) is 1. The molecule has 4 aliphatic heterocycles. The van der Waals surface area contributed by atoms with E-state index in [4.69, 9.17) is 16.1 Å². The largest absolute Gasteiger partial charge is 0.508 e. The summed E-state index contributed by atoms with van der Waals surface area (Å²) in [5.41, 5.74) is -0.124. The lowest BCUT2D eigenvalue weighted by Crippen LogP contribution is -2.56. The monoisotopic (exact) mass is 650 g/mol. The Morgan fingerprint density at radius 2 is 2.00 bits per heavy atom. The zero-order chi connectivity index (χ0) is 33.3. The van der Waals surface area contributed by atoms with Gasteiger partial charge in [-0.1, -0.05) is 25.5 Å². The van der Waals surface area contributed by atoms with Crippen molar-refractivity contribution in [3.8, 4) is 35.4 Å². The van der Waals surface area contributed by atoms with Crippen molar-refractivity contribution in [2.75, 3.05) is 37.7 Å². The summed E-state index contributed by atoms with van der Waals surface area (Å²) < 4.78 is 38.2. The number of rotatable bonds is 6. The molecular formula is C37H36F2N6O3. The lowest BCUT2D eigenvalue weighted by molar-refractivity contribution is -0.129. The number of fused-ring (bicyclic) bond motifs is 5. The Morgan fingerprint density at radius 3 is 2.73 bits per heavy atom. The number of aromatic nitrogens is 3. The van der Waals surface area contributed by atoms with Crippen LogP contribution in [0.25, 0.3) is 32.9 Å². The van der Waals surface area contributed by atoms with E-state index in [-0.39, 0.29) is 68.9 Å². The second-order valence-corrected chi connectivity index (χ2v) is 13.7. The molecule has 0 spiro atoms. The van der Waals surface area contributed by atoms with Crippen LogP contribution in [-0.2, 0) is 4.79 Å². The van der Waals surface area contributed by atoms with Crippen molar-refractivity contribution in [2.24, 2.45) is 5.92 Å². The van der Waals surface area contributed by atoms with E-state index < -0.39 is 11.6 Å². The smallest absolute Gasteiger partial charge is 0.319 e. The van der Waals surface area contributed by atoms with Crippen LogP contribution in [0.3, 0.4) is 0 Å². The van der Waals surface area contributed by atoms with E-state index in [0.29, 0.717) is 36.3 Å². The molecule has 11 heteroatoms. The number of anilines is 1. The second kappa shape index (κ2) is 11.4. The summed E-state index contributed by atoms with van der Waals surface area (Å²) in [6.07, 6.45) is 13.7. The number of carbonyl (C=O) groups is 1. The van der Waals surface area contributed by atoms with E-state index in [1.165, 1.54) is 36.5 Å². The van der Waals surface area contributed by atoms with Crippen LogP contribution in [0.15, 0.2) is 43.1 Å². The average molecular weight is 651 g/mol. The fourth-order valence-corrected chi connectivity index (χ4v) is 8.78. The number of phenolic OH excluding ortho intramolecular Hbond substituents is 1. The zero-order valence-corrected chi connectivity index (χ0v) is 26.8. The highest BCUT2D eigenvalue weighted by molar-refractivity contribution is 6.03. The summed E-state index contributed by atoms with van der Waals surface area (Å²) in [5, 5.41) is 11.7. The fraction of sp³-hybridized carbons (Fsp3) is 0.405. The number of benzene rings is 2. The van der Waals surface area contributed by atoms with Gasteiger partial charge in [0.05, 0.1) is 28.6 Å². The molecule has 6 heterocycles. The third-order valence-corrected chi connectivity index (χ3v) is 11.0. The summed E-state index contributed by atoms with van der Waals surface area (Å²) in [6, 6.07) is 5.42. The van der Waals surface area contributed by atoms with Crippen molar-refractivity contribution in [3.05, 3.63) is 60.3 Å². The number of piperazine rings is 1. The van der Waals surface area contributed by atoms with Gasteiger partial charge in [-0.05, 0) is 80.8 Å². The van der Waals surface area contributed by atoms with Crippen LogP contribution in [0, 0.1) is 29.9 Å². The van der Waals surface area contributed by atoms with Gasteiger partial charge < -0.3 is 19.6 Å². The number of terminal acetylenes is 1. The number of aromatic hydroxyl groups is 1. The first-order chi connectivity index (χ1) is 23.2. The third kappa shape index (κ3) is 4.68. The highest BCUT2D eigenvalue weighted by atomic mass is 19.1. The number of nitrogens with zero attached hydrogens (tertiary/aromatic N) is 6. The number of hydrogen-bond donors (Lipinski definition) is 1. The lowest BCUT2D eigenvalue weighted by atomic mass is 9.95. The van der Waals surface area contributed by atoms with Gasteiger partial charge in [0.25, 0.3) is 0 Å². The molecule has 48 heavy (non-hydrogen) atoms.